The Morgan fingerprint density at radius 3 is 2.82 bits per heavy atom. The number of para-hydroxylation sites is 1. The molecule has 1 saturated heterocycles. The molecule has 0 aromatic heterocycles. The molecule has 2 rings (SSSR count). The first-order valence-corrected chi connectivity index (χ1v) is 5.98. The molecule has 0 amide bonds. The van der Waals surface area contributed by atoms with Gasteiger partial charge in [0.2, 0.25) is 0 Å². The Morgan fingerprint density at radius 2 is 2.24 bits per heavy atom. The van der Waals surface area contributed by atoms with E-state index in [2.05, 4.69) is 5.32 Å². The lowest BCUT2D eigenvalue weighted by Crippen LogP contribution is -2.33. The average Bonchev–Trinajstić information content (AvgIpc) is 2.78. The Kier molecular flexibility index (Phi) is 3.30. The molecular formula is C10H10N2O4S. The van der Waals surface area contributed by atoms with Crippen LogP contribution in [0.5, 0.6) is 0 Å². The maximum Gasteiger partial charge on any atom is 0.321 e. The number of thioether (sulfide) groups is 1. The van der Waals surface area contributed by atoms with Crippen molar-refractivity contribution in [3.63, 3.8) is 0 Å². The fraction of sp³-hybridized carbons (Fsp3) is 0.300. The standard InChI is InChI=1S/C10H10N2O4S/c13-10(14)7-5-17-9(11-7)6-3-1-2-4-8(6)12(15)16/h1-4,7,9,11H,5H2,(H,13,14)/t7-,9+/m0/s1. The molecule has 90 valence electrons. The summed E-state index contributed by atoms with van der Waals surface area (Å²) in [5, 5.41) is 22.2. The minimum atomic E-state index is -0.932. The van der Waals surface area contributed by atoms with Crippen LogP contribution in [0.4, 0.5) is 5.69 Å². The lowest BCUT2D eigenvalue weighted by Gasteiger charge is -2.11. The molecule has 1 aliphatic rings. The molecule has 1 aromatic carbocycles. The highest BCUT2D eigenvalue weighted by molar-refractivity contribution is 7.99. The number of benzene rings is 1. The van der Waals surface area contributed by atoms with Crippen molar-refractivity contribution >= 4 is 23.4 Å². The van der Waals surface area contributed by atoms with Crippen molar-refractivity contribution in [1.82, 2.24) is 5.32 Å². The molecule has 0 radical (unpaired) electrons. The van der Waals surface area contributed by atoms with Gasteiger partial charge >= 0.3 is 5.97 Å². The van der Waals surface area contributed by atoms with Gasteiger partial charge in [0.25, 0.3) is 5.69 Å². The van der Waals surface area contributed by atoms with E-state index in [4.69, 9.17) is 5.11 Å². The molecular weight excluding hydrogens is 244 g/mol. The van der Waals surface area contributed by atoms with Gasteiger partial charge < -0.3 is 5.11 Å². The van der Waals surface area contributed by atoms with Crippen LogP contribution in [0, 0.1) is 10.1 Å². The molecule has 0 saturated carbocycles. The van der Waals surface area contributed by atoms with Crippen LogP contribution in [0.2, 0.25) is 0 Å². The van der Waals surface area contributed by atoms with Crippen LogP contribution in [0.15, 0.2) is 24.3 Å². The molecule has 2 N–H and O–H groups in total. The molecule has 0 unspecified atom stereocenters. The molecule has 2 atom stereocenters. The van der Waals surface area contributed by atoms with Crippen molar-refractivity contribution in [2.24, 2.45) is 0 Å². The Balaban J connectivity index is 2.24. The van der Waals surface area contributed by atoms with Crippen LogP contribution in [0.3, 0.4) is 0 Å². The molecule has 6 nitrogen and oxygen atoms in total. The Hall–Kier alpha value is -1.60. The molecule has 1 aliphatic heterocycles. The van der Waals surface area contributed by atoms with Crippen molar-refractivity contribution in [3.05, 3.63) is 39.9 Å². The normalized spacial score (nSPS) is 23.5. The first-order valence-electron chi connectivity index (χ1n) is 4.93. The number of rotatable bonds is 3. The van der Waals surface area contributed by atoms with Gasteiger partial charge in [-0.15, -0.1) is 11.8 Å². The molecule has 7 heteroatoms. The second-order valence-corrected chi connectivity index (χ2v) is 4.72. The molecule has 0 bridgehead atoms. The minimum absolute atomic E-state index is 0.0172. The fourth-order valence-corrected chi connectivity index (χ4v) is 2.93. The summed E-state index contributed by atoms with van der Waals surface area (Å²) in [7, 11) is 0. The molecule has 1 aromatic rings. The highest BCUT2D eigenvalue weighted by Crippen LogP contribution is 2.37. The number of aliphatic carboxylic acids is 1. The summed E-state index contributed by atoms with van der Waals surface area (Å²) in [5.74, 6) is -0.523. The number of hydrogen-bond donors (Lipinski definition) is 2. The third kappa shape index (κ3) is 2.40. The third-order valence-corrected chi connectivity index (χ3v) is 3.75. The fourth-order valence-electron chi connectivity index (χ4n) is 1.67. The Morgan fingerprint density at radius 1 is 1.53 bits per heavy atom. The third-order valence-electron chi connectivity index (χ3n) is 2.50. The van der Waals surface area contributed by atoms with E-state index in [9.17, 15) is 14.9 Å². The van der Waals surface area contributed by atoms with Crippen LogP contribution in [0.1, 0.15) is 10.9 Å². The van der Waals surface area contributed by atoms with E-state index in [-0.39, 0.29) is 11.1 Å². The number of carbonyl (C=O) groups is 1. The van der Waals surface area contributed by atoms with Gasteiger partial charge in [0, 0.05) is 11.8 Å². The highest BCUT2D eigenvalue weighted by Gasteiger charge is 2.33. The van der Waals surface area contributed by atoms with E-state index in [0.29, 0.717) is 11.3 Å². The Bertz CT molecular complexity index is 465. The zero-order chi connectivity index (χ0) is 12.4. The predicted molar refractivity (Wildman–Crippen MR) is 62.9 cm³/mol. The van der Waals surface area contributed by atoms with Gasteiger partial charge in [0.05, 0.1) is 15.9 Å². The summed E-state index contributed by atoms with van der Waals surface area (Å²) in [4.78, 5) is 21.2. The lowest BCUT2D eigenvalue weighted by atomic mass is 10.1. The average molecular weight is 254 g/mol. The number of hydrogen-bond acceptors (Lipinski definition) is 5. The van der Waals surface area contributed by atoms with Gasteiger partial charge in [-0.05, 0) is 6.07 Å². The van der Waals surface area contributed by atoms with Gasteiger partial charge in [0.1, 0.15) is 6.04 Å². The van der Waals surface area contributed by atoms with E-state index in [1.807, 2.05) is 0 Å². The van der Waals surface area contributed by atoms with Gasteiger partial charge in [-0.3, -0.25) is 20.2 Å². The van der Waals surface area contributed by atoms with Gasteiger partial charge in [-0.2, -0.15) is 0 Å². The number of nitro benzene ring substituents is 1. The van der Waals surface area contributed by atoms with Crippen LogP contribution in [0.25, 0.3) is 0 Å². The van der Waals surface area contributed by atoms with Gasteiger partial charge in [-0.25, -0.2) is 0 Å². The van der Waals surface area contributed by atoms with E-state index in [1.165, 1.54) is 17.8 Å². The van der Waals surface area contributed by atoms with E-state index in [1.54, 1.807) is 18.2 Å². The van der Waals surface area contributed by atoms with Crippen molar-refractivity contribution < 1.29 is 14.8 Å². The van der Waals surface area contributed by atoms with Crippen LogP contribution < -0.4 is 5.32 Å². The van der Waals surface area contributed by atoms with E-state index < -0.39 is 16.9 Å². The first-order chi connectivity index (χ1) is 8.09. The lowest BCUT2D eigenvalue weighted by molar-refractivity contribution is -0.385. The second kappa shape index (κ2) is 4.72. The molecule has 0 aliphatic carbocycles. The smallest absolute Gasteiger partial charge is 0.321 e. The number of nitrogens with zero attached hydrogens (tertiary/aromatic N) is 1. The number of carboxylic acids is 1. The predicted octanol–water partition coefficient (Wildman–Crippen LogP) is 1.38. The summed E-state index contributed by atoms with van der Waals surface area (Å²) in [6.07, 6.45) is 0. The molecule has 17 heavy (non-hydrogen) atoms. The van der Waals surface area contributed by atoms with Crippen molar-refractivity contribution in [3.8, 4) is 0 Å². The van der Waals surface area contributed by atoms with Crippen molar-refractivity contribution in [2.75, 3.05) is 5.75 Å². The van der Waals surface area contributed by atoms with Crippen LogP contribution >= 0.6 is 11.8 Å². The maximum absolute atomic E-state index is 10.8. The van der Waals surface area contributed by atoms with Crippen LogP contribution in [-0.4, -0.2) is 27.8 Å². The zero-order valence-electron chi connectivity index (χ0n) is 8.70. The number of nitro groups is 1. The van der Waals surface area contributed by atoms with Crippen molar-refractivity contribution in [1.29, 1.82) is 0 Å². The second-order valence-electron chi connectivity index (χ2n) is 3.59. The topological polar surface area (TPSA) is 92.5 Å². The number of carboxylic acid groups (broad SMARTS) is 1. The summed E-state index contributed by atoms with van der Waals surface area (Å²) in [6.45, 7) is 0. The number of nitrogens with one attached hydrogen (secondary N) is 1. The van der Waals surface area contributed by atoms with Gasteiger partial charge in [0.15, 0.2) is 0 Å². The first kappa shape index (κ1) is 11.9. The van der Waals surface area contributed by atoms with E-state index >= 15 is 0 Å². The van der Waals surface area contributed by atoms with E-state index in [0.717, 1.165) is 0 Å². The monoisotopic (exact) mass is 254 g/mol. The summed E-state index contributed by atoms with van der Waals surface area (Å²) < 4.78 is 0. The molecule has 1 fully saturated rings. The highest BCUT2D eigenvalue weighted by atomic mass is 32.2. The molecule has 1 heterocycles. The quantitative estimate of drug-likeness (QED) is 0.625. The Labute approximate surface area is 101 Å². The largest absolute Gasteiger partial charge is 0.480 e. The summed E-state index contributed by atoms with van der Waals surface area (Å²) in [5.41, 5.74) is 0.537. The van der Waals surface area contributed by atoms with Crippen molar-refractivity contribution in [2.45, 2.75) is 11.4 Å². The minimum Gasteiger partial charge on any atom is -0.480 e. The SMILES string of the molecule is O=C(O)[C@@H]1CS[C@H](c2ccccc2[N+](=O)[O-])N1. The van der Waals surface area contributed by atoms with Crippen LogP contribution in [-0.2, 0) is 4.79 Å². The maximum atomic E-state index is 10.8. The summed E-state index contributed by atoms with van der Waals surface area (Å²) >= 11 is 1.37. The van der Waals surface area contributed by atoms with Gasteiger partial charge in [-0.1, -0.05) is 12.1 Å². The zero-order valence-corrected chi connectivity index (χ0v) is 9.52. The molecule has 0 spiro atoms. The summed E-state index contributed by atoms with van der Waals surface area (Å²) in [6, 6.07) is 5.72.